The van der Waals surface area contributed by atoms with E-state index in [0.29, 0.717) is 18.3 Å². The van der Waals surface area contributed by atoms with Crippen molar-refractivity contribution in [3.05, 3.63) is 41.9 Å². The third-order valence-electron chi connectivity index (χ3n) is 3.43. The molecule has 3 aromatic rings. The zero-order valence-corrected chi connectivity index (χ0v) is 12.6. The zero-order chi connectivity index (χ0) is 14.8. The van der Waals surface area contributed by atoms with Crippen molar-refractivity contribution in [3.63, 3.8) is 0 Å². The summed E-state index contributed by atoms with van der Waals surface area (Å²) < 4.78 is 7.66. The number of aryl methyl sites for hydroxylation is 2. The predicted octanol–water partition coefficient (Wildman–Crippen LogP) is 2.38. The summed E-state index contributed by atoms with van der Waals surface area (Å²) in [4.78, 5) is 6.85. The van der Waals surface area contributed by atoms with Crippen molar-refractivity contribution in [1.29, 1.82) is 0 Å². The van der Waals surface area contributed by atoms with Crippen LogP contribution >= 0.6 is 0 Å². The van der Waals surface area contributed by atoms with Gasteiger partial charge in [-0.25, -0.2) is 4.98 Å². The van der Waals surface area contributed by atoms with Gasteiger partial charge in [-0.3, -0.25) is 4.90 Å². The van der Waals surface area contributed by atoms with Gasteiger partial charge in [0.15, 0.2) is 0 Å². The van der Waals surface area contributed by atoms with E-state index in [0.717, 1.165) is 24.4 Å². The standard InChI is InChI=1S/C15H19N5O/c1-4-20-13-8-6-5-7-12(13)16-14(20)9-19(3)10-15-18-17-11(2)21-15/h5-8H,4,9-10H2,1-3H3. The Bertz CT molecular complexity index is 745. The molecule has 0 aliphatic heterocycles. The van der Waals surface area contributed by atoms with Gasteiger partial charge < -0.3 is 8.98 Å². The Morgan fingerprint density at radius 1 is 1.19 bits per heavy atom. The van der Waals surface area contributed by atoms with Crippen molar-refractivity contribution >= 4 is 11.0 Å². The van der Waals surface area contributed by atoms with Crippen LogP contribution in [0, 0.1) is 6.92 Å². The van der Waals surface area contributed by atoms with E-state index in [1.54, 1.807) is 6.92 Å². The van der Waals surface area contributed by atoms with E-state index in [2.05, 4.69) is 32.7 Å². The number of fused-ring (bicyclic) bond motifs is 1. The Labute approximate surface area is 123 Å². The van der Waals surface area contributed by atoms with Crippen molar-refractivity contribution < 1.29 is 4.42 Å². The van der Waals surface area contributed by atoms with Crippen LogP contribution in [0.25, 0.3) is 11.0 Å². The van der Waals surface area contributed by atoms with Crippen LogP contribution in [0.3, 0.4) is 0 Å². The molecule has 0 N–H and O–H groups in total. The van der Waals surface area contributed by atoms with E-state index in [1.165, 1.54) is 5.52 Å². The second-order valence-corrected chi connectivity index (χ2v) is 5.15. The lowest BCUT2D eigenvalue weighted by Gasteiger charge is -2.14. The second kappa shape index (κ2) is 5.65. The minimum absolute atomic E-state index is 0.596. The maximum Gasteiger partial charge on any atom is 0.230 e. The number of rotatable bonds is 5. The highest BCUT2D eigenvalue weighted by Gasteiger charge is 2.13. The molecule has 0 spiro atoms. The predicted molar refractivity (Wildman–Crippen MR) is 79.6 cm³/mol. The highest BCUT2D eigenvalue weighted by Crippen LogP contribution is 2.17. The van der Waals surface area contributed by atoms with Gasteiger partial charge in [0.05, 0.1) is 24.1 Å². The third-order valence-corrected chi connectivity index (χ3v) is 3.43. The molecule has 6 heteroatoms. The molecule has 6 nitrogen and oxygen atoms in total. The summed E-state index contributed by atoms with van der Waals surface area (Å²) in [6.07, 6.45) is 0. The van der Waals surface area contributed by atoms with Crippen LogP contribution in [0.5, 0.6) is 0 Å². The van der Waals surface area contributed by atoms with Crippen LogP contribution in [0.4, 0.5) is 0 Å². The summed E-state index contributed by atoms with van der Waals surface area (Å²) in [6.45, 7) is 6.20. The molecule has 0 amide bonds. The van der Waals surface area contributed by atoms with Gasteiger partial charge in [0.25, 0.3) is 0 Å². The zero-order valence-electron chi connectivity index (χ0n) is 12.6. The molecule has 3 rings (SSSR count). The first-order valence-electron chi connectivity index (χ1n) is 7.09. The van der Waals surface area contributed by atoms with E-state index in [1.807, 2.05) is 25.2 Å². The van der Waals surface area contributed by atoms with Gasteiger partial charge in [-0.1, -0.05) is 12.1 Å². The Morgan fingerprint density at radius 3 is 2.71 bits per heavy atom. The van der Waals surface area contributed by atoms with Crippen molar-refractivity contribution in [2.75, 3.05) is 7.05 Å². The summed E-state index contributed by atoms with van der Waals surface area (Å²) in [5, 5.41) is 7.88. The average Bonchev–Trinajstić information content (AvgIpc) is 3.01. The van der Waals surface area contributed by atoms with Gasteiger partial charge in [0, 0.05) is 13.5 Å². The van der Waals surface area contributed by atoms with E-state index >= 15 is 0 Å². The number of hydrogen-bond donors (Lipinski definition) is 0. The molecule has 0 bridgehead atoms. The molecule has 0 unspecified atom stereocenters. The average molecular weight is 285 g/mol. The molecule has 1 aromatic carbocycles. The first kappa shape index (κ1) is 13.8. The van der Waals surface area contributed by atoms with Gasteiger partial charge in [-0.15, -0.1) is 10.2 Å². The summed E-state index contributed by atoms with van der Waals surface area (Å²) >= 11 is 0. The van der Waals surface area contributed by atoms with Crippen molar-refractivity contribution in [1.82, 2.24) is 24.6 Å². The number of benzene rings is 1. The van der Waals surface area contributed by atoms with E-state index < -0.39 is 0 Å². The maximum atomic E-state index is 5.42. The van der Waals surface area contributed by atoms with Gasteiger partial charge >= 0.3 is 0 Å². The fourth-order valence-electron chi connectivity index (χ4n) is 2.53. The fraction of sp³-hybridized carbons (Fsp3) is 0.400. The van der Waals surface area contributed by atoms with Crippen LogP contribution in [-0.2, 0) is 19.6 Å². The van der Waals surface area contributed by atoms with Crippen LogP contribution in [0.2, 0.25) is 0 Å². The van der Waals surface area contributed by atoms with Gasteiger partial charge in [-0.05, 0) is 26.1 Å². The van der Waals surface area contributed by atoms with Crippen LogP contribution in [0.1, 0.15) is 24.5 Å². The number of imidazole rings is 1. The summed E-state index contributed by atoms with van der Waals surface area (Å²) in [5.74, 6) is 2.28. The van der Waals surface area contributed by atoms with Crippen molar-refractivity contribution in [2.45, 2.75) is 33.5 Å². The molecule has 21 heavy (non-hydrogen) atoms. The summed E-state index contributed by atoms with van der Waals surface area (Å²) in [5.41, 5.74) is 2.22. The maximum absolute atomic E-state index is 5.42. The number of hydrogen-bond acceptors (Lipinski definition) is 5. The molecular weight excluding hydrogens is 266 g/mol. The van der Waals surface area contributed by atoms with Gasteiger partial charge in [-0.2, -0.15) is 0 Å². The minimum Gasteiger partial charge on any atom is -0.424 e. The smallest absolute Gasteiger partial charge is 0.230 e. The molecule has 110 valence electrons. The normalized spacial score (nSPS) is 11.6. The molecule has 2 aromatic heterocycles. The Balaban J connectivity index is 1.80. The number of aromatic nitrogens is 4. The highest BCUT2D eigenvalue weighted by molar-refractivity contribution is 5.75. The molecule has 0 saturated carbocycles. The third kappa shape index (κ3) is 2.80. The first-order valence-corrected chi connectivity index (χ1v) is 7.09. The molecule has 0 atom stereocenters. The van der Waals surface area contributed by atoms with E-state index in [-0.39, 0.29) is 0 Å². The molecular formula is C15H19N5O. The number of para-hydroxylation sites is 2. The van der Waals surface area contributed by atoms with E-state index in [4.69, 9.17) is 9.40 Å². The molecule has 0 fully saturated rings. The Kier molecular flexibility index (Phi) is 3.70. The monoisotopic (exact) mass is 285 g/mol. The molecule has 0 radical (unpaired) electrons. The number of nitrogens with zero attached hydrogens (tertiary/aromatic N) is 5. The lowest BCUT2D eigenvalue weighted by Crippen LogP contribution is -2.20. The van der Waals surface area contributed by atoms with Crippen molar-refractivity contribution in [3.8, 4) is 0 Å². The van der Waals surface area contributed by atoms with Crippen LogP contribution in [-0.4, -0.2) is 31.7 Å². The molecule has 0 saturated heterocycles. The second-order valence-electron chi connectivity index (χ2n) is 5.15. The Morgan fingerprint density at radius 2 is 2.00 bits per heavy atom. The van der Waals surface area contributed by atoms with Crippen LogP contribution in [0.15, 0.2) is 28.7 Å². The molecule has 2 heterocycles. The van der Waals surface area contributed by atoms with Crippen LogP contribution < -0.4 is 0 Å². The van der Waals surface area contributed by atoms with Gasteiger partial charge in [0.1, 0.15) is 5.82 Å². The highest BCUT2D eigenvalue weighted by atomic mass is 16.4. The van der Waals surface area contributed by atoms with Gasteiger partial charge in [0.2, 0.25) is 11.8 Å². The van der Waals surface area contributed by atoms with E-state index in [9.17, 15) is 0 Å². The largest absolute Gasteiger partial charge is 0.424 e. The topological polar surface area (TPSA) is 60.0 Å². The summed E-state index contributed by atoms with van der Waals surface area (Å²) in [7, 11) is 2.03. The minimum atomic E-state index is 0.596. The quantitative estimate of drug-likeness (QED) is 0.720. The Hall–Kier alpha value is -2.21. The summed E-state index contributed by atoms with van der Waals surface area (Å²) in [6, 6.07) is 8.22. The molecule has 0 aliphatic rings. The fourth-order valence-corrected chi connectivity index (χ4v) is 2.53. The first-order chi connectivity index (χ1) is 10.2. The SMILES string of the molecule is CCn1c(CN(C)Cc2nnc(C)o2)nc2ccccc21. The lowest BCUT2D eigenvalue weighted by atomic mass is 10.3. The lowest BCUT2D eigenvalue weighted by molar-refractivity contribution is 0.270. The van der Waals surface area contributed by atoms with Crippen molar-refractivity contribution in [2.24, 2.45) is 0 Å². The molecule has 0 aliphatic carbocycles.